The molecule has 21 heavy (non-hydrogen) atoms. The third kappa shape index (κ3) is 6.22. The van der Waals surface area contributed by atoms with Crippen LogP contribution in [0.2, 0.25) is 5.02 Å². The van der Waals surface area contributed by atoms with E-state index in [0.29, 0.717) is 13.2 Å². The molecule has 0 heterocycles. The number of halogens is 2. The molecular formula is C15H24BrClN2O2. The van der Waals surface area contributed by atoms with E-state index < -0.39 is 0 Å². The highest BCUT2D eigenvalue weighted by Crippen LogP contribution is 2.29. The van der Waals surface area contributed by atoms with Crippen LogP contribution in [-0.2, 0) is 9.47 Å². The van der Waals surface area contributed by atoms with Crippen LogP contribution >= 0.6 is 27.5 Å². The van der Waals surface area contributed by atoms with E-state index >= 15 is 0 Å². The Morgan fingerprint density at radius 1 is 1.24 bits per heavy atom. The Morgan fingerprint density at radius 2 is 1.95 bits per heavy atom. The SMILES string of the molecule is COCCCN(CCOC)C(CN)c1ccc(Br)cc1Cl. The second-order valence-electron chi connectivity index (χ2n) is 4.79. The van der Waals surface area contributed by atoms with Gasteiger partial charge < -0.3 is 15.2 Å². The fraction of sp³-hybridized carbons (Fsp3) is 0.600. The summed E-state index contributed by atoms with van der Waals surface area (Å²) in [5.41, 5.74) is 7.06. The summed E-state index contributed by atoms with van der Waals surface area (Å²) in [6.07, 6.45) is 0.949. The molecule has 0 aromatic heterocycles. The standard InChI is InChI=1S/C15H24BrClN2O2/c1-20-8-3-6-19(7-9-21-2)15(11-18)13-5-4-12(16)10-14(13)17/h4-5,10,15H,3,6-9,11,18H2,1-2H3. The molecule has 6 heteroatoms. The number of nitrogens with zero attached hydrogens (tertiary/aromatic N) is 1. The zero-order chi connectivity index (χ0) is 15.7. The molecule has 120 valence electrons. The molecule has 2 N–H and O–H groups in total. The van der Waals surface area contributed by atoms with E-state index in [2.05, 4.69) is 20.8 Å². The minimum absolute atomic E-state index is 0.0811. The molecule has 0 radical (unpaired) electrons. The third-order valence-electron chi connectivity index (χ3n) is 3.36. The molecule has 0 aliphatic heterocycles. The van der Waals surface area contributed by atoms with Gasteiger partial charge in [0.2, 0.25) is 0 Å². The number of ether oxygens (including phenoxy) is 2. The Kier molecular flexibility index (Phi) is 9.47. The van der Waals surface area contributed by atoms with Gasteiger partial charge in [-0.15, -0.1) is 0 Å². The number of benzene rings is 1. The van der Waals surface area contributed by atoms with Crippen molar-refractivity contribution in [2.24, 2.45) is 5.73 Å². The summed E-state index contributed by atoms with van der Waals surface area (Å²) in [6.45, 7) is 3.62. The van der Waals surface area contributed by atoms with Gasteiger partial charge in [-0.3, -0.25) is 4.90 Å². The van der Waals surface area contributed by atoms with Crippen molar-refractivity contribution in [3.8, 4) is 0 Å². The summed E-state index contributed by atoms with van der Waals surface area (Å²) in [6, 6.07) is 6.01. The summed E-state index contributed by atoms with van der Waals surface area (Å²) >= 11 is 9.81. The van der Waals surface area contributed by atoms with Crippen molar-refractivity contribution in [3.63, 3.8) is 0 Å². The smallest absolute Gasteiger partial charge is 0.0589 e. The van der Waals surface area contributed by atoms with Crippen molar-refractivity contribution in [2.45, 2.75) is 12.5 Å². The Balaban J connectivity index is 2.87. The Hall–Kier alpha value is -0.170. The van der Waals surface area contributed by atoms with Gasteiger partial charge in [-0.2, -0.15) is 0 Å². The number of hydrogen-bond acceptors (Lipinski definition) is 4. The van der Waals surface area contributed by atoms with Gasteiger partial charge in [-0.1, -0.05) is 33.6 Å². The van der Waals surface area contributed by atoms with Gasteiger partial charge in [0.05, 0.1) is 6.61 Å². The predicted octanol–water partition coefficient (Wildman–Crippen LogP) is 3.09. The lowest BCUT2D eigenvalue weighted by molar-refractivity contribution is 0.108. The first-order chi connectivity index (χ1) is 10.1. The van der Waals surface area contributed by atoms with Crippen LogP contribution in [0.5, 0.6) is 0 Å². The van der Waals surface area contributed by atoms with E-state index in [1.807, 2.05) is 18.2 Å². The van der Waals surface area contributed by atoms with E-state index in [0.717, 1.165) is 41.2 Å². The first-order valence-electron chi connectivity index (χ1n) is 7.01. The maximum atomic E-state index is 6.37. The quantitative estimate of drug-likeness (QED) is 0.635. The Labute approximate surface area is 140 Å². The normalized spacial score (nSPS) is 12.9. The largest absolute Gasteiger partial charge is 0.385 e. The van der Waals surface area contributed by atoms with Crippen LogP contribution < -0.4 is 5.73 Å². The molecule has 0 aliphatic carbocycles. The fourth-order valence-corrected chi connectivity index (χ4v) is 3.09. The van der Waals surface area contributed by atoms with Gasteiger partial charge in [-0.25, -0.2) is 0 Å². The van der Waals surface area contributed by atoms with Crippen molar-refractivity contribution in [3.05, 3.63) is 33.3 Å². The van der Waals surface area contributed by atoms with Crippen molar-refractivity contribution in [1.82, 2.24) is 4.90 Å². The lowest BCUT2D eigenvalue weighted by atomic mass is 10.0. The molecule has 0 saturated heterocycles. The van der Waals surface area contributed by atoms with E-state index in [-0.39, 0.29) is 6.04 Å². The summed E-state index contributed by atoms with van der Waals surface area (Å²) < 4.78 is 11.3. The van der Waals surface area contributed by atoms with E-state index in [4.69, 9.17) is 26.8 Å². The monoisotopic (exact) mass is 378 g/mol. The molecule has 0 fully saturated rings. The Bertz CT molecular complexity index is 421. The van der Waals surface area contributed by atoms with Crippen molar-refractivity contribution in [1.29, 1.82) is 0 Å². The molecule has 1 atom stereocenters. The maximum absolute atomic E-state index is 6.37. The summed E-state index contributed by atoms with van der Waals surface area (Å²) in [4.78, 5) is 2.30. The second kappa shape index (κ2) is 10.5. The van der Waals surface area contributed by atoms with Crippen molar-refractivity contribution < 1.29 is 9.47 Å². The van der Waals surface area contributed by atoms with Gasteiger partial charge in [0.1, 0.15) is 0 Å². The van der Waals surface area contributed by atoms with Gasteiger partial charge in [0.25, 0.3) is 0 Å². The topological polar surface area (TPSA) is 47.7 Å². The highest BCUT2D eigenvalue weighted by atomic mass is 79.9. The number of nitrogens with two attached hydrogens (primary N) is 1. The summed E-state index contributed by atoms with van der Waals surface area (Å²) in [7, 11) is 3.42. The summed E-state index contributed by atoms with van der Waals surface area (Å²) in [5.74, 6) is 0. The summed E-state index contributed by atoms with van der Waals surface area (Å²) in [5, 5.41) is 0.731. The minimum Gasteiger partial charge on any atom is -0.385 e. The lowest BCUT2D eigenvalue weighted by Gasteiger charge is -2.31. The lowest BCUT2D eigenvalue weighted by Crippen LogP contribution is -2.37. The van der Waals surface area contributed by atoms with Crippen LogP contribution in [0.4, 0.5) is 0 Å². The van der Waals surface area contributed by atoms with Crippen LogP contribution in [0, 0.1) is 0 Å². The average molecular weight is 380 g/mol. The molecule has 4 nitrogen and oxygen atoms in total. The molecule has 0 bridgehead atoms. The van der Waals surface area contributed by atoms with Gasteiger partial charge in [0.15, 0.2) is 0 Å². The van der Waals surface area contributed by atoms with Crippen LogP contribution in [0.15, 0.2) is 22.7 Å². The molecule has 1 aromatic rings. The average Bonchev–Trinajstić information content (AvgIpc) is 2.46. The van der Waals surface area contributed by atoms with E-state index in [9.17, 15) is 0 Å². The highest BCUT2D eigenvalue weighted by Gasteiger charge is 2.21. The first kappa shape index (κ1) is 18.9. The number of hydrogen-bond donors (Lipinski definition) is 1. The van der Waals surface area contributed by atoms with Crippen LogP contribution in [0.25, 0.3) is 0 Å². The molecular weight excluding hydrogens is 356 g/mol. The molecule has 1 aromatic carbocycles. The molecule has 1 rings (SSSR count). The van der Waals surface area contributed by atoms with Gasteiger partial charge in [-0.05, 0) is 24.1 Å². The molecule has 0 amide bonds. The van der Waals surface area contributed by atoms with E-state index in [1.165, 1.54) is 0 Å². The third-order valence-corrected chi connectivity index (χ3v) is 4.18. The van der Waals surface area contributed by atoms with E-state index in [1.54, 1.807) is 14.2 Å². The zero-order valence-electron chi connectivity index (χ0n) is 12.6. The maximum Gasteiger partial charge on any atom is 0.0589 e. The molecule has 0 spiro atoms. The molecule has 1 unspecified atom stereocenters. The molecule has 0 saturated carbocycles. The van der Waals surface area contributed by atoms with Gasteiger partial charge >= 0.3 is 0 Å². The first-order valence-corrected chi connectivity index (χ1v) is 8.18. The van der Waals surface area contributed by atoms with Crippen LogP contribution in [0.1, 0.15) is 18.0 Å². The number of rotatable bonds is 10. The molecule has 0 aliphatic rings. The second-order valence-corrected chi connectivity index (χ2v) is 6.12. The highest BCUT2D eigenvalue weighted by molar-refractivity contribution is 9.10. The van der Waals surface area contributed by atoms with Crippen molar-refractivity contribution >= 4 is 27.5 Å². The van der Waals surface area contributed by atoms with Gasteiger partial charge in [0, 0.05) is 56.0 Å². The fourth-order valence-electron chi connectivity index (χ4n) is 2.29. The van der Waals surface area contributed by atoms with Crippen molar-refractivity contribution in [2.75, 3.05) is 47.1 Å². The minimum atomic E-state index is 0.0811. The zero-order valence-corrected chi connectivity index (χ0v) is 15.0. The number of methoxy groups -OCH3 is 2. The van der Waals surface area contributed by atoms with Crippen LogP contribution in [-0.4, -0.2) is 52.0 Å². The van der Waals surface area contributed by atoms with Crippen LogP contribution in [0.3, 0.4) is 0 Å². The Morgan fingerprint density at radius 3 is 2.52 bits per heavy atom. The predicted molar refractivity (Wildman–Crippen MR) is 90.9 cm³/mol.